The first-order chi connectivity index (χ1) is 12.7. The number of rotatable bonds is 4. The summed E-state index contributed by atoms with van der Waals surface area (Å²) in [5.41, 5.74) is 0.0582. The molecule has 1 saturated heterocycles. The fourth-order valence-corrected chi connectivity index (χ4v) is 4.32. The summed E-state index contributed by atoms with van der Waals surface area (Å²) in [5.74, 6) is -3.48. The maximum absolute atomic E-state index is 13.2. The Morgan fingerprint density at radius 3 is 2.52 bits per heavy atom. The quantitative estimate of drug-likeness (QED) is 0.817. The molecule has 1 unspecified atom stereocenters. The molecule has 0 aliphatic carbocycles. The lowest BCUT2D eigenvalue weighted by Gasteiger charge is -2.11. The van der Waals surface area contributed by atoms with Crippen LogP contribution in [-0.2, 0) is 9.84 Å². The zero-order chi connectivity index (χ0) is 19.6. The first-order valence-electron chi connectivity index (χ1n) is 7.97. The standard InChI is InChI=1S/C17H15F2N3O4S/c18-13-2-1-11(8-14(13)19)21-17(24)15-7-10(3-5-20-15)16(23)22-12-4-6-27(25,26)9-12/h1-3,5,7-8,12H,4,6,9H2,(H,21,24)(H,22,23). The molecule has 0 saturated carbocycles. The molecule has 1 aliphatic rings. The van der Waals surface area contributed by atoms with Crippen molar-refractivity contribution in [1.82, 2.24) is 10.3 Å². The molecule has 0 spiro atoms. The lowest BCUT2D eigenvalue weighted by atomic mass is 10.2. The molecule has 0 radical (unpaired) electrons. The number of hydrogen-bond acceptors (Lipinski definition) is 5. The number of sulfone groups is 1. The fourth-order valence-electron chi connectivity index (χ4n) is 2.64. The largest absolute Gasteiger partial charge is 0.348 e. The second kappa shape index (κ2) is 7.39. The number of pyridine rings is 1. The van der Waals surface area contributed by atoms with Crippen molar-refractivity contribution >= 4 is 27.3 Å². The predicted octanol–water partition coefficient (Wildman–Crippen LogP) is 1.53. The van der Waals surface area contributed by atoms with Crippen LogP contribution in [0, 0.1) is 11.6 Å². The number of nitrogens with one attached hydrogen (secondary N) is 2. The van der Waals surface area contributed by atoms with E-state index in [1.165, 1.54) is 24.4 Å². The molecular formula is C17H15F2N3O4S. The van der Waals surface area contributed by atoms with Gasteiger partial charge in [0.1, 0.15) is 5.69 Å². The topological polar surface area (TPSA) is 105 Å². The Morgan fingerprint density at radius 1 is 1.07 bits per heavy atom. The number of benzene rings is 1. The third-order valence-corrected chi connectivity index (χ3v) is 5.77. The van der Waals surface area contributed by atoms with E-state index in [0.29, 0.717) is 6.42 Å². The molecule has 10 heteroatoms. The number of carbonyl (C=O) groups is 2. The van der Waals surface area contributed by atoms with Crippen molar-refractivity contribution in [2.45, 2.75) is 12.5 Å². The normalized spacial score (nSPS) is 18.1. The smallest absolute Gasteiger partial charge is 0.274 e. The van der Waals surface area contributed by atoms with Gasteiger partial charge in [-0.25, -0.2) is 17.2 Å². The van der Waals surface area contributed by atoms with Gasteiger partial charge in [0.15, 0.2) is 21.5 Å². The summed E-state index contributed by atoms with van der Waals surface area (Å²) < 4.78 is 49.1. The van der Waals surface area contributed by atoms with Gasteiger partial charge in [-0.05, 0) is 30.7 Å². The SMILES string of the molecule is O=C(NC1CCS(=O)(=O)C1)c1ccnc(C(=O)Nc2ccc(F)c(F)c2)c1. The van der Waals surface area contributed by atoms with Gasteiger partial charge in [-0.2, -0.15) is 0 Å². The van der Waals surface area contributed by atoms with Gasteiger partial charge in [-0.3, -0.25) is 14.6 Å². The highest BCUT2D eigenvalue weighted by Crippen LogP contribution is 2.15. The zero-order valence-corrected chi connectivity index (χ0v) is 14.7. The highest BCUT2D eigenvalue weighted by atomic mass is 32.2. The molecule has 1 aromatic carbocycles. The molecule has 3 rings (SSSR count). The van der Waals surface area contributed by atoms with E-state index in [9.17, 15) is 26.8 Å². The van der Waals surface area contributed by atoms with Crippen molar-refractivity contribution in [1.29, 1.82) is 0 Å². The van der Waals surface area contributed by atoms with Crippen LogP contribution in [-0.4, -0.2) is 42.8 Å². The van der Waals surface area contributed by atoms with Crippen LogP contribution in [0.4, 0.5) is 14.5 Å². The highest BCUT2D eigenvalue weighted by molar-refractivity contribution is 7.91. The number of hydrogen-bond donors (Lipinski definition) is 2. The first kappa shape index (κ1) is 18.9. The molecule has 1 aromatic heterocycles. The number of anilines is 1. The molecule has 2 aromatic rings. The molecule has 142 valence electrons. The fraction of sp³-hybridized carbons (Fsp3) is 0.235. The number of halogens is 2. The molecule has 2 N–H and O–H groups in total. The maximum atomic E-state index is 13.2. The van der Waals surface area contributed by atoms with Gasteiger partial charge in [0.25, 0.3) is 11.8 Å². The van der Waals surface area contributed by atoms with E-state index in [1.54, 1.807) is 0 Å². The van der Waals surface area contributed by atoms with Crippen LogP contribution in [0.25, 0.3) is 0 Å². The van der Waals surface area contributed by atoms with Crippen molar-refractivity contribution < 1.29 is 26.8 Å². The maximum Gasteiger partial charge on any atom is 0.274 e. The number of amides is 2. The summed E-state index contributed by atoms with van der Waals surface area (Å²) in [5, 5.41) is 4.97. The summed E-state index contributed by atoms with van der Waals surface area (Å²) in [6.45, 7) is 0. The Labute approximate surface area is 153 Å². The Morgan fingerprint density at radius 2 is 1.85 bits per heavy atom. The van der Waals surface area contributed by atoms with E-state index in [1.807, 2.05) is 0 Å². The van der Waals surface area contributed by atoms with Crippen molar-refractivity contribution in [3.63, 3.8) is 0 Å². The molecule has 2 amide bonds. The molecule has 27 heavy (non-hydrogen) atoms. The summed E-state index contributed by atoms with van der Waals surface area (Å²) in [6.07, 6.45) is 1.59. The number of carbonyl (C=O) groups excluding carboxylic acids is 2. The van der Waals surface area contributed by atoms with Crippen LogP contribution in [0.2, 0.25) is 0 Å². The summed E-state index contributed by atoms with van der Waals surface area (Å²) >= 11 is 0. The molecule has 7 nitrogen and oxygen atoms in total. The van der Waals surface area contributed by atoms with E-state index >= 15 is 0 Å². The van der Waals surface area contributed by atoms with Gasteiger partial charge < -0.3 is 10.6 Å². The lowest BCUT2D eigenvalue weighted by molar-refractivity contribution is 0.0941. The highest BCUT2D eigenvalue weighted by Gasteiger charge is 2.29. The van der Waals surface area contributed by atoms with Crippen molar-refractivity contribution in [3.8, 4) is 0 Å². The zero-order valence-electron chi connectivity index (χ0n) is 13.9. The van der Waals surface area contributed by atoms with E-state index in [0.717, 1.165) is 12.1 Å². The third-order valence-electron chi connectivity index (χ3n) is 4.00. The van der Waals surface area contributed by atoms with Crippen LogP contribution in [0.3, 0.4) is 0 Å². The predicted molar refractivity (Wildman–Crippen MR) is 93.1 cm³/mol. The minimum Gasteiger partial charge on any atom is -0.348 e. The van der Waals surface area contributed by atoms with Gasteiger partial charge >= 0.3 is 0 Å². The summed E-state index contributed by atoms with van der Waals surface area (Å²) in [6, 6.07) is 5.02. The molecule has 1 fully saturated rings. The van der Waals surface area contributed by atoms with Gasteiger partial charge in [-0.1, -0.05) is 0 Å². The summed E-state index contributed by atoms with van der Waals surface area (Å²) in [4.78, 5) is 28.3. The van der Waals surface area contributed by atoms with Gasteiger partial charge in [-0.15, -0.1) is 0 Å². The van der Waals surface area contributed by atoms with Gasteiger partial charge in [0, 0.05) is 29.6 Å². The molecular weight excluding hydrogens is 380 g/mol. The van der Waals surface area contributed by atoms with Crippen molar-refractivity contribution in [3.05, 3.63) is 59.4 Å². The summed E-state index contributed by atoms with van der Waals surface area (Å²) in [7, 11) is -3.13. The van der Waals surface area contributed by atoms with E-state index < -0.39 is 39.3 Å². The second-order valence-corrected chi connectivity index (χ2v) is 8.31. The average molecular weight is 395 g/mol. The van der Waals surface area contributed by atoms with Gasteiger partial charge in [0.2, 0.25) is 0 Å². The van der Waals surface area contributed by atoms with Gasteiger partial charge in [0.05, 0.1) is 11.5 Å². The van der Waals surface area contributed by atoms with E-state index in [4.69, 9.17) is 0 Å². The molecule has 1 atom stereocenters. The van der Waals surface area contributed by atoms with Crippen molar-refractivity contribution in [2.24, 2.45) is 0 Å². The van der Waals surface area contributed by atoms with Crippen LogP contribution >= 0.6 is 0 Å². The molecule has 1 aliphatic heterocycles. The number of aromatic nitrogens is 1. The molecule has 2 heterocycles. The van der Waals surface area contributed by atoms with Crippen LogP contribution in [0.1, 0.15) is 27.3 Å². The second-order valence-electron chi connectivity index (χ2n) is 6.09. The minimum absolute atomic E-state index is 0.0240. The van der Waals surface area contributed by atoms with Crippen molar-refractivity contribution in [2.75, 3.05) is 16.8 Å². The molecule has 0 bridgehead atoms. The average Bonchev–Trinajstić information content (AvgIpc) is 2.96. The number of nitrogens with zero attached hydrogens (tertiary/aromatic N) is 1. The van der Waals surface area contributed by atoms with Crippen LogP contribution < -0.4 is 10.6 Å². The minimum atomic E-state index is -3.13. The monoisotopic (exact) mass is 395 g/mol. The first-order valence-corrected chi connectivity index (χ1v) is 9.79. The third kappa shape index (κ3) is 4.64. The van der Waals surface area contributed by atoms with Crippen LogP contribution in [0.5, 0.6) is 0 Å². The Kier molecular flexibility index (Phi) is 5.17. The lowest BCUT2D eigenvalue weighted by Crippen LogP contribution is -2.35. The Hall–Kier alpha value is -2.88. The van der Waals surface area contributed by atoms with Crippen LogP contribution in [0.15, 0.2) is 36.5 Å². The van der Waals surface area contributed by atoms with E-state index in [2.05, 4.69) is 15.6 Å². The Balaban J connectivity index is 1.69. The Bertz CT molecular complexity index is 1010. The van der Waals surface area contributed by atoms with E-state index in [-0.39, 0.29) is 28.5 Å².